The van der Waals surface area contributed by atoms with E-state index in [1.165, 1.54) is 6.20 Å². The first-order valence-corrected chi connectivity index (χ1v) is 8.93. The fraction of sp³-hybridized carbons (Fsp3) is 0.250. The lowest BCUT2D eigenvalue weighted by atomic mass is 10.2. The third kappa shape index (κ3) is 3.31. The summed E-state index contributed by atoms with van der Waals surface area (Å²) in [5.41, 5.74) is 0.452. The summed E-state index contributed by atoms with van der Waals surface area (Å²) in [7, 11) is -4.26. The molecule has 0 spiro atoms. The predicted molar refractivity (Wildman–Crippen MR) is 86.3 cm³/mol. The maximum Gasteiger partial charge on any atom is 0.249 e. The smallest absolute Gasteiger partial charge is 0.249 e. The van der Waals surface area contributed by atoms with Gasteiger partial charge in [-0.25, -0.2) is 22.2 Å². The molecule has 0 unspecified atom stereocenters. The Kier molecular flexibility index (Phi) is 4.65. The van der Waals surface area contributed by atoms with E-state index in [2.05, 4.69) is 4.98 Å². The van der Waals surface area contributed by atoms with Gasteiger partial charge in [0.25, 0.3) is 0 Å². The van der Waals surface area contributed by atoms with Gasteiger partial charge in [0.05, 0.1) is 11.6 Å². The average molecular weight is 364 g/mol. The number of benzene rings is 1. The fourth-order valence-corrected chi connectivity index (χ4v) is 4.21. The van der Waals surface area contributed by atoms with Crippen molar-refractivity contribution in [2.75, 3.05) is 31.1 Å². The van der Waals surface area contributed by atoms with Gasteiger partial charge in [-0.15, -0.1) is 0 Å². The lowest BCUT2D eigenvalue weighted by Gasteiger charge is -2.34. The van der Waals surface area contributed by atoms with Crippen LogP contribution in [0.1, 0.15) is 5.56 Å². The highest BCUT2D eigenvalue weighted by Crippen LogP contribution is 2.24. The van der Waals surface area contributed by atoms with Crippen molar-refractivity contribution in [3.63, 3.8) is 0 Å². The molecule has 0 atom stereocenters. The highest BCUT2D eigenvalue weighted by Gasteiger charge is 2.33. The molecule has 1 saturated heterocycles. The number of rotatable bonds is 3. The number of hydrogen-bond acceptors (Lipinski definition) is 5. The summed E-state index contributed by atoms with van der Waals surface area (Å²) in [6, 6.07) is 8.16. The van der Waals surface area contributed by atoms with E-state index in [0.717, 1.165) is 22.5 Å². The van der Waals surface area contributed by atoms with E-state index in [1.54, 1.807) is 12.1 Å². The van der Waals surface area contributed by atoms with Crippen LogP contribution in [0, 0.1) is 23.0 Å². The van der Waals surface area contributed by atoms with Gasteiger partial charge in [-0.3, -0.25) is 0 Å². The molecule has 0 bridgehead atoms. The van der Waals surface area contributed by atoms with Gasteiger partial charge in [-0.1, -0.05) is 6.07 Å². The number of pyridine rings is 1. The van der Waals surface area contributed by atoms with Gasteiger partial charge >= 0.3 is 0 Å². The van der Waals surface area contributed by atoms with E-state index in [1.807, 2.05) is 11.0 Å². The van der Waals surface area contributed by atoms with E-state index in [-0.39, 0.29) is 13.1 Å². The van der Waals surface area contributed by atoms with E-state index in [0.29, 0.717) is 24.5 Å². The number of sulfonamides is 1. The molecule has 25 heavy (non-hydrogen) atoms. The van der Waals surface area contributed by atoms with Crippen molar-refractivity contribution in [3.8, 4) is 6.07 Å². The number of hydrogen-bond donors (Lipinski definition) is 0. The van der Waals surface area contributed by atoms with Crippen LogP contribution in [-0.2, 0) is 10.0 Å². The van der Waals surface area contributed by atoms with Gasteiger partial charge in [0.1, 0.15) is 17.5 Å². The molecule has 130 valence electrons. The molecule has 2 heterocycles. The molecule has 2 aromatic rings. The van der Waals surface area contributed by atoms with Gasteiger partial charge < -0.3 is 4.90 Å². The topological polar surface area (TPSA) is 77.3 Å². The van der Waals surface area contributed by atoms with Crippen molar-refractivity contribution in [2.45, 2.75) is 4.90 Å². The molecule has 0 N–H and O–H groups in total. The van der Waals surface area contributed by atoms with Gasteiger partial charge in [-0.05, 0) is 24.3 Å². The molecule has 0 radical (unpaired) electrons. The number of nitriles is 1. The van der Waals surface area contributed by atoms with E-state index in [9.17, 15) is 17.2 Å². The van der Waals surface area contributed by atoms with Crippen LogP contribution in [0.15, 0.2) is 41.4 Å². The summed E-state index contributed by atoms with van der Waals surface area (Å²) < 4.78 is 53.8. The molecule has 1 aliphatic rings. The van der Waals surface area contributed by atoms with Crippen molar-refractivity contribution in [1.29, 1.82) is 5.26 Å². The van der Waals surface area contributed by atoms with Crippen molar-refractivity contribution >= 4 is 15.8 Å². The second-order valence-electron chi connectivity index (χ2n) is 5.46. The average Bonchev–Trinajstić information content (AvgIpc) is 2.61. The Labute approximate surface area is 144 Å². The predicted octanol–water partition coefficient (Wildman–Crippen LogP) is 1.74. The summed E-state index contributed by atoms with van der Waals surface area (Å²) in [5.74, 6) is -1.65. The summed E-state index contributed by atoms with van der Waals surface area (Å²) in [6.07, 6.45) is 1.51. The molecule has 0 aliphatic carbocycles. The van der Waals surface area contributed by atoms with Crippen molar-refractivity contribution in [3.05, 3.63) is 53.7 Å². The lowest BCUT2D eigenvalue weighted by Crippen LogP contribution is -2.49. The zero-order valence-corrected chi connectivity index (χ0v) is 13.9. The summed E-state index contributed by atoms with van der Waals surface area (Å²) in [5, 5.41) is 8.93. The lowest BCUT2D eigenvalue weighted by molar-refractivity contribution is 0.377. The van der Waals surface area contributed by atoms with E-state index in [4.69, 9.17) is 5.26 Å². The summed E-state index contributed by atoms with van der Waals surface area (Å²) in [6.45, 7) is 0.734. The maximum absolute atomic E-state index is 13.8. The molecule has 1 aliphatic heterocycles. The summed E-state index contributed by atoms with van der Waals surface area (Å²) >= 11 is 0. The molecule has 1 fully saturated rings. The molecule has 0 amide bonds. The Morgan fingerprint density at radius 3 is 2.32 bits per heavy atom. The SMILES string of the molecule is N#Cc1ccnc(N2CCN(S(=O)(=O)c3c(F)cccc3F)CC2)c1. The zero-order valence-electron chi connectivity index (χ0n) is 13.1. The minimum Gasteiger partial charge on any atom is -0.354 e. The van der Waals surface area contributed by atoms with Crippen LogP contribution in [0.5, 0.6) is 0 Å². The number of anilines is 1. The van der Waals surface area contributed by atoms with Crippen LogP contribution in [0.25, 0.3) is 0 Å². The fourth-order valence-electron chi connectivity index (χ4n) is 2.68. The van der Waals surface area contributed by atoms with Crippen molar-refractivity contribution in [1.82, 2.24) is 9.29 Å². The van der Waals surface area contributed by atoms with Crippen LogP contribution < -0.4 is 4.90 Å². The first-order chi connectivity index (χ1) is 11.9. The molecule has 1 aromatic heterocycles. The number of piperazine rings is 1. The van der Waals surface area contributed by atoms with Crippen molar-refractivity contribution in [2.24, 2.45) is 0 Å². The molecule has 6 nitrogen and oxygen atoms in total. The van der Waals surface area contributed by atoms with Gasteiger partial charge in [0, 0.05) is 32.4 Å². The summed E-state index contributed by atoms with van der Waals surface area (Å²) in [4.78, 5) is 5.07. The second-order valence-corrected chi connectivity index (χ2v) is 7.33. The Morgan fingerprint density at radius 1 is 1.08 bits per heavy atom. The minimum absolute atomic E-state index is 0.0641. The Morgan fingerprint density at radius 2 is 1.72 bits per heavy atom. The van der Waals surface area contributed by atoms with E-state index < -0.39 is 26.6 Å². The number of aromatic nitrogens is 1. The van der Waals surface area contributed by atoms with Gasteiger partial charge in [0.15, 0.2) is 4.90 Å². The Hall–Kier alpha value is -2.57. The first-order valence-electron chi connectivity index (χ1n) is 7.49. The highest BCUT2D eigenvalue weighted by molar-refractivity contribution is 7.89. The van der Waals surface area contributed by atoms with Crippen molar-refractivity contribution < 1.29 is 17.2 Å². The van der Waals surface area contributed by atoms with Crippen LogP contribution >= 0.6 is 0 Å². The highest BCUT2D eigenvalue weighted by atomic mass is 32.2. The third-order valence-electron chi connectivity index (χ3n) is 3.95. The standard InChI is InChI=1S/C16H14F2N4O2S/c17-13-2-1-3-14(18)16(13)25(23,24)22-8-6-21(7-9-22)15-10-12(11-19)4-5-20-15/h1-5,10H,6-9H2. The normalized spacial score (nSPS) is 15.8. The maximum atomic E-state index is 13.8. The van der Waals surface area contributed by atoms with Gasteiger partial charge in [-0.2, -0.15) is 9.57 Å². The molecule has 0 saturated carbocycles. The van der Waals surface area contributed by atoms with Crippen LogP contribution in [-0.4, -0.2) is 43.9 Å². The van der Waals surface area contributed by atoms with Crippen LogP contribution in [0.3, 0.4) is 0 Å². The molecular formula is C16H14F2N4O2S. The Bertz CT molecular complexity index is 915. The zero-order chi connectivity index (χ0) is 18.0. The molecule has 3 rings (SSSR count). The number of nitrogens with zero attached hydrogens (tertiary/aromatic N) is 4. The van der Waals surface area contributed by atoms with E-state index >= 15 is 0 Å². The second kappa shape index (κ2) is 6.74. The molecule has 9 heteroatoms. The monoisotopic (exact) mass is 364 g/mol. The van der Waals surface area contributed by atoms with Gasteiger partial charge in [0.2, 0.25) is 10.0 Å². The molecule has 1 aromatic carbocycles. The molecular weight excluding hydrogens is 350 g/mol. The van der Waals surface area contributed by atoms with Crippen LogP contribution in [0.4, 0.5) is 14.6 Å². The minimum atomic E-state index is -4.26. The largest absolute Gasteiger partial charge is 0.354 e. The number of halogens is 2. The third-order valence-corrected chi connectivity index (χ3v) is 5.90. The Balaban J connectivity index is 1.79. The quantitative estimate of drug-likeness (QED) is 0.829. The van der Waals surface area contributed by atoms with Crippen LogP contribution in [0.2, 0.25) is 0 Å². The first kappa shape index (κ1) is 17.3.